The van der Waals surface area contributed by atoms with E-state index in [1.165, 1.54) is 11.3 Å². The highest BCUT2D eigenvalue weighted by Crippen LogP contribution is 2.35. The molecule has 0 aliphatic heterocycles. The van der Waals surface area contributed by atoms with Gasteiger partial charge < -0.3 is 15.2 Å². The number of benzene rings is 2. The number of nitrogens with zero attached hydrogens (tertiary/aromatic N) is 1. The van der Waals surface area contributed by atoms with Crippen LogP contribution in [0.3, 0.4) is 0 Å². The van der Waals surface area contributed by atoms with Crippen molar-refractivity contribution in [3.05, 3.63) is 64.7 Å². The Bertz CT molecular complexity index is 1080. The molecule has 9 heteroatoms. The lowest BCUT2D eigenvalue weighted by Crippen LogP contribution is -2.11. The fourth-order valence-corrected chi connectivity index (χ4v) is 4.30. The third-order valence-electron chi connectivity index (χ3n) is 4.42. The largest absolute Gasteiger partial charge is 0.497 e. The number of hydrogen-bond donors (Lipinski definition) is 2. The van der Waals surface area contributed by atoms with Crippen molar-refractivity contribution in [1.29, 1.82) is 0 Å². The maximum absolute atomic E-state index is 11.6. The van der Waals surface area contributed by atoms with Crippen molar-refractivity contribution >= 4 is 32.2 Å². The molecule has 1 heterocycles. The average molecular weight is 434 g/mol. The maximum atomic E-state index is 11.6. The van der Waals surface area contributed by atoms with Crippen LogP contribution < -0.4 is 19.9 Å². The van der Waals surface area contributed by atoms with E-state index in [0.717, 1.165) is 28.8 Å². The van der Waals surface area contributed by atoms with Gasteiger partial charge in [-0.05, 0) is 47.9 Å². The standard InChI is InChI=1S/C20H23N3O4S2/c1-26-16-7-4-13(5-8-16)17(18-12-28-20(21)22-18)11-14-10-15(23-29(3,24)25)6-9-19(14)27-2/h4-10,12,17,23H,11H2,1-3H3,(H2,21,22). The van der Waals surface area contributed by atoms with Crippen LogP contribution >= 0.6 is 11.3 Å². The van der Waals surface area contributed by atoms with Gasteiger partial charge in [-0.2, -0.15) is 0 Å². The van der Waals surface area contributed by atoms with E-state index < -0.39 is 10.0 Å². The van der Waals surface area contributed by atoms with Gasteiger partial charge in [0.15, 0.2) is 5.13 Å². The molecule has 0 aliphatic carbocycles. The summed E-state index contributed by atoms with van der Waals surface area (Å²) in [5, 5.41) is 2.44. The molecule has 0 radical (unpaired) electrons. The molecule has 3 rings (SSSR count). The monoisotopic (exact) mass is 433 g/mol. The number of rotatable bonds is 8. The highest BCUT2D eigenvalue weighted by Gasteiger charge is 2.21. The molecule has 0 amide bonds. The summed E-state index contributed by atoms with van der Waals surface area (Å²) in [5.41, 5.74) is 9.09. The molecular weight excluding hydrogens is 410 g/mol. The first-order valence-electron chi connectivity index (χ1n) is 8.78. The van der Waals surface area contributed by atoms with Crippen LogP contribution in [0.25, 0.3) is 0 Å². The van der Waals surface area contributed by atoms with Crippen LogP contribution in [0.5, 0.6) is 11.5 Å². The van der Waals surface area contributed by atoms with Gasteiger partial charge in [0.1, 0.15) is 11.5 Å². The number of methoxy groups -OCH3 is 2. The Morgan fingerprint density at radius 2 is 1.86 bits per heavy atom. The van der Waals surface area contributed by atoms with E-state index in [0.29, 0.717) is 23.0 Å². The number of nitrogens with two attached hydrogens (primary N) is 1. The fourth-order valence-electron chi connectivity index (χ4n) is 3.13. The first-order chi connectivity index (χ1) is 13.8. The zero-order chi connectivity index (χ0) is 21.0. The first-order valence-corrected chi connectivity index (χ1v) is 11.6. The summed E-state index contributed by atoms with van der Waals surface area (Å²) >= 11 is 1.39. The molecule has 3 aromatic rings. The summed E-state index contributed by atoms with van der Waals surface area (Å²) in [6, 6.07) is 13.0. The topological polar surface area (TPSA) is 104 Å². The van der Waals surface area contributed by atoms with Gasteiger partial charge in [0.2, 0.25) is 10.0 Å². The highest BCUT2D eigenvalue weighted by atomic mass is 32.2. The Morgan fingerprint density at radius 3 is 2.41 bits per heavy atom. The van der Waals surface area contributed by atoms with Gasteiger partial charge in [-0.1, -0.05) is 12.1 Å². The van der Waals surface area contributed by atoms with Crippen LogP contribution in [0.2, 0.25) is 0 Å². The van der Waals surface area contributed by atoms with Gasteiger partial charge in [-0.15, -0.1) is 11.3 Å². The Balaban J connectivity index is 2.01. The van der Waals surface area contributed by atoms with Crippen molar-refractivity contribution in [1.82, 2.24) is 4.98 Å². The van der Waals surface area contributed by atoms with Crippen LogP contribution in [0.15, 0.2) is 47.8 Å². The summed E-state index contributed by atoms with van der Waals surface area (Å²) < 4.78 is 36.5. The molecule has 1 aromatic heterocycles. The number of nitrogens with one attached hydrogen (secondary N) is 1. The summed E-state index contributed by atoms with van der Waals surface area (Å²) in [5.74, 6) is 1.35. The molecular formula is C20H23N3O4S2. The third-order valence-corrected chi connectivity index (χ3v) is 5.72. The lowest BCUT2D eigenvalue weighted by atomic mass is 9.89. The van der Waals surface area contributed by atoms with Crippen molar-refractivity contribution in [3.63, 3.8) is 0 Å². The number of hydrogen-bond acceptors (Lipinski definition) is 7. The molecule has 0 saturated carbocycles. The van der Waals surface area contributed by atoms with Gasteiger partial charge >= 0.3 is 0 Å². The molecule has 154 valence electrons. The number of ether oxygens (including phenoxy) is 2. The van der Waals surface area contributed by atoms with E-state index in [4.69, 9.17) is 15.2 Å². The highest BCUT2D eigenvalue weighted by molar-refractivity contribution is 7.92. The molecule has 0 saturated heterocycles. The number of anilines is 2. The fraction of sp³-hybridized carbons (Fsp3) is 0.250. The number of thiazole rings is 1. The predicted molar refractivity (Wildman–Crippen MR) is 117 cm³/mol. The number of aromatic nitrogens is 1. The minimum atomic E-state index is -3.38. The average Bonchev–Trinajstić information content (AvgIpc) is 3.11. The minimum absolute atomic E-state index is 0.0863. The molecule has 3 N–H and O–H groups in total. The summed E-state index contributed by atoms with van der Waals surface area (Å²) in [7, 11) is -0.170. The van der Waals surface area contributed by atoms with Crippen molar-refractivity contribution in [2.75, 3.05) is 30.9 Å². The van der Waals surface area contributed by atoms with Gasteiger partial charge in [0.05, 0.1) is 26.2 Å². The van der Waals surface area contributed by atoms with Crippen molar-refractivity contribution in [2.45, 2.75) is 12.3 Å². The molecule has 0 spiro atoms. The summed E-state index contributed by atoms with van der Waals surface area (Å²) in [6.07, 6.45) is 1.67. The first kappa shape index (κ1) is 20.9. The summed E-state index contributed by atoms with van der Waals surface area (Å²) in [6.45, 7) is 0. The smallest absolute Gasteiger partial charge is 0.229 e. The normalized spacial score (nSPS) is 12.4. The molecule has 2 aromatic carbocycles. The van der Waals surface area contributed by atoms with Crippen LogP contribution in [-0.4, -0.2) is 33.9 Å². The molecule has 1 unspecified atom stereocenters. The second kappa shape index (κ2) is 8.71. The Kier molecular flexibility index (Phi) is 6.29. The number of sulfonamides is 1. The van der Waals surface area contributed by atoms with Gasteiger partial charge in [-0.3, -0.25) is 4.72 Å². The Labute approximate surface area is 174 Å². The quantitative estimate of drug-likeness (QED) is 0.564. The minimum Gasteiger partial charge on any atom is -0.497 e. The van der Waals surface area contributed by atoms with E-state index >= 15 is 0 Å². The molecule has 7 nitrogen and oxygen atoms in total. The Morgan fingerprint density at radius 1 is 1.14 bits per heavy atom. The summed E-state index contributed by atoms with van der Waals surface area (Å²) in [4.78, 5) is 4.48. The van der Waals surface area contributed by atoms with Crippen molar-refractivity contribution in [3.8, 4) is 11.5 Å². The van der Waals surface area contributed by atoms with Crippen molar-refractivity contribution in [2.24, 2.45) is 0 Å². The molecule has 29 heavy (non-hydrogen) atoms. The van der Waals surface area contributed by atoms with Crippen LogP contribution in [0, 0.1) is 0 Å². The van der Waals surface area contributed by atoms with Gasteiger partial charge in [0.25, 0.3) is 0 Å². The van der Waals surface area contributed by atoms with E-state index in [2.05, 4.69) is 9.71 Å². The lowest BCUT2D eigenvalue weighted by Gasteiger charge is -2.19. The predicted octanol–water partition coefficient (Wildman–Crippen LogP) is 3.49. The van der Waals surface area contributed by atoms with E-state index in [-0.39, 0.29) is 5.92 Å². The third kappa shape index (κ3) is 5.39. The van der Waals surface area contributed by atoms with E-state index in [1.807, 2.05) is 29.6 Å². The molecule has 0 bridgehead atoms. The molecule has 0 fully saturated rings. The lowest BCUT2D eigenvalue weighted by molar-refractivity contribution is 0.408. The second-order valence-corrected chi connectivity index (χ2v) is 9.18. The van der Waals surface area contributed by atoms with Gasteiger partial charge in [-0.25, -0.2) is 13.4 Å². The molecule has 0 aliphatic rings. The van der Waals surface area contributed by atoms with E-state index in [9.17, 15) is 8.42 Å². The van der Waals surface area contributed by atoms with Crippen molar-refractivity contribution < 1.29 is 17.9 Å². The van der Waals surface area contributed by atoms with Crippen LogP contribution in [-0.2, 0) is 16.4 Å². The van der Waals surface area contributed by atoms with E-state index in [1.54, 1.807) is 32.4 Å². The number of nitrogen functional groups attached to an aromatic ring is 1. The zero-order valence-corrected chi connectivity index (χ0v) is 18.0. The van der Waals surface area contributed by atoms with Crippen LogP contribution in [0.1, 0.15) is 22.7 Å². The second-order valence-electron chi connectivity index (χ2n) is 6.54. The zero-order valence-electron chi connectivity index (χ0n) is 16.4. The maximum Gasteiger partial charge on any atom is 0.229 e. The van der Waals surface area contributed by atoms with Crippen LogP contribution in [0.4, 0.5) is 10.8 Å². The molecule has 1 atom stereocenters. The van der Waals surface area contributed by atoms with Gasteiger partial charge in [0, 0.05) is 17.0 Å². The Hall–Kier alpha value is -2.78. The SMILES string of the molecule is COc1ccc(C(Cc2cc(NS(C)(=O)=O)ccc2OC)c2csc(N)n2)cc1.